The molecule has 1 N–H and O–H groups in total. The van der Waals surface area contributed by atoms with Crippen LogP contribution in [0.3, 0.4) is 0 Å². The van der Waals surface area contributed by atoms with Gasteiger partial charge < -0.3 is 4.42 Å². The van der Waals surface area contributed by atoms with Crippen LogP contribution < -0.4 is 9.73 Å². The molecular weight excluding hydrogens is 576 g/mol. The van der Waals surface area contributed by atoms with E-state index >= 15 is 0 Å². The fourth-order valence-electron chi connectivity index (χ4n) is 3.44. The average Bonchev–Trinajstić information content (AvgIpc) is 3.36. The first-order valence-electron chi connectivity index (χ1n) is 11.1. The van der Waals surface area contributed by atoms with Crippen LogP contribution in [0.5, 0.6) is 0 Å². The number of amides is 1. The summed E-state index contributed by atoms with van der Waals surface area (Å²) < 4.78 is 34.2. The molecule has 0 saturated heterocycles. The number of hydrogen-bond acceptors (Lipinski definition) is 7. The summed E-state index contributed by atoms with van der Waals surface area (Å²) >= 11 is 3.34. The van der Waals surface area contributed by atoms with Crippen molar-refractivity contribution >= 4 is 49.4 Å². The normalized spacial score (nSPS) is 11.4. The minimum atomic E-state index is -4.06. The number of nitrogens with one attached hydrogen (secondary N) is 1. The van der Waals surface area contributed by atoms with Gasteiger partial charge in [0.15, 0.2) is 0 Å². The molecule has 0 aliphatic rings. The van der Waals surface area contributed by atoms with E-state index < -0.39 is 27.4 Å². The second-order valence-electron chi connectivity index (χ2n) is 8.10. The van der Waals surface area contributed by atoms with E-state index in [-0.39, 0.29) is 10.6 Å². The zero-order valence-electron chi connectivity index (χ0n) is 19.9. The highest BCUT2D eigenvalue weighted by Gasteiger charge is 2.27. The number of hydrogen-bond donors (Lipinski definition) is 1. The molecule has 0 bridgehead atoms. The molecule has 4 aromatic rings. The minimum absolute atomic E-state index is 0.0360. The largest absolute Gasteiger partial charge is 0.455 e. The summed E-state index contributed by atoms with van der Waals surface area (Å²) in [6.07, 6.45) is 1.27. The third-order valence-electron chi connectivity index (χ3n) is 5.36. The van der Waals surface area contributed by atoms with Crippen LogP contribution in [0.15, 0.2) is 104 Å². The number of nitro groups is 1. The summed E-state index contributed by atoms with van der Waals surface area (Å²) in [6, 6.07) is 22.1. The molecule has 1 heterocycles. The van der Waals surface area contributed by atoms with Crippen LogP contribution in [-0.4, -0.2) is 32.0 Å². The van der Waals surface area contributed by atoms with E-state index in [0.29, 0.717) is 27.2 Å². The van der Waals surface area contributed by atoms with Gasteiger partial charge in [-0.1, -0.05) is 39.7 Å². The Morgan fingerprint density at radius 3 is 2.45 bits per heavy atom. The standard InChI is InChI=1S/C26H21BrN4O6S/c1-18-5-12-24(13-6-18)38(35,36)30(22-4-2-3-20(27)15-22)17-26(32)29-28-16-23-11-14-25(37-23)19-7-9-21(10-8-19)31(33)34/h2-16H,17H2,1H3,(H,29,32)/b28-16-. The summed E-state index contributed by atoms with van der Waals surface area (Å²) in [6.45, 7) is 1.33. The highest BCUT2D eigenvalue weighted by atomic mass is 79.9. The molecule has 0 unspecified atom stereocenters. The first-order valence-corrected chi connectivity index (χ1v) is 13.4. The Kier molecular flexibility index (Phi) is 8.03. The van der Waals surface area contributed by atoms with E-state index in [1.165, 1.54) is 30.5 Å². The first-order chi connectivity index (χ1) is 18.1. The maximum absolute atomic E-state index is 13.4. The zero-order chi connectivity index (χ0) is 27.3. The molecule has 194 valence electrons. The summed E-state index contributed by atoms with van der Waals surface area (Å²) in [7, 11) is -4.06. The summed E-state index contributed by atoms with van der Waals surface area (Å²) in [4.78, 5) is 23.1. The molecule has 0 radical (unpaired) electrons. The van der Waals surface area contributed by atoms with Crippen LogP contribution in [-0.2, 0) is 14.8 Å². The fraction of sp³-hybridized carbons (Fsp3) is 0.0769. The van der Waals surface area contributed by atoms with Crippen molar-refractivity contribution in [3.05, 3.63) is 111 Å². The van der Waals surface area contributed by atoms with Crippen molar-refractivity contribution < 1.29 is 22.6 Å². The van der Waals surface area contributed by atoms with Crippen molar-refractivity contribution in [2.45, 2.75) is 11.8 Å². The van der Waals surface area contributed by atoms with Crippen molar-refractivity contribution in [2.24, 2.45) is 5.10 Å². The van der Waals surface area contributed by atoms with E-state index in [1.807, 2.05) is 6.92 Å². The van der Waals surface area contributed by atoms with Crippen LogP contribution in [0, 0.1) is 17.0 Å². The van der Waals surface area contributed by atoms with Crippen LogP contribution in [0.2, 0.25) is 0 Å². The molecule has 12 heteroatoms. The third-order valence-corrected chi connectivity index (χ3v) is 7.64. The predicted octanol–water partition coefficient (Wildman–Crippen LogP) is 5.27. The molecule has 3 aromatic carbocycles. The Hall–Kier alpha value is -4.29. The Labute approximate surface area is 226 Å². The Morgan fingerprint density at radius 2 is 1.79 bits per heavy atom. The van der Waals surface area contributed by atoms with Crippen LogP contribution in [0.1, 0.15) is 11.3 Å². The van der Waals surface area contributed by atoms with Crippen molar-refractivity contribution in [2.75, 3.05) is 10.8 Å². The second-order valence-corrected chi connectivity index (χ2v) is 10.9. The highest BCUT2D eigenvalue weighted by Crippen LogP contribution is 2.27. The first kappa shape index (κ1) is 26.8. The maximum atomic E-state index is 13.4. The predicted molar refractivity (Wildman–Crippen MR) is 146 cm³/mol. The van der Waals surface area contributed by atoms with Crippen molar-refractivity contribution in [3.8, 4) is 11.3 Å². The van der Waals surface area contributed by atoms with Gasteiger partial charge in [0, 0.05) is 22.2 Å². The Bertz CT molecular complexity index is 1600. The van der Waals surface area contributed by atoms with Gasteiger partial charge in [-0.25, -0.2) is 13.8 Å². The summed E-state index contributed by atoms with van der Waals surface area (Å²) in [5.41, 5.74) is 4.13. The lowest BCUT2D eigenvalue weighted by atomic mass is 10.1. The van der Waals surface area contributed by atoms with Gasteiger partial charge in [0.05, 0.1) is 21.7 Å². The third kappa shape index (κ3) is 6.33. The molecule has 4 rings (SSSR count). The quantitative estimate of drug-likeness (QED) is 0.159. The Balaban J connectivity index is 1.48. The smallest absolute Gasteiger partial charge is 0.269 e. The minimum Gasteiger partial charge on any atom is -0.455 e. The molecule has 0 fully saturated rings. The molecule has 0 aliphatic carbocycles. The van der Waals surface area contributed by atoms with E-state index in [4.69, 9.17) is 4.42 Å². The lowest BCUT2D eigenvalue weighted by molar-refractivity contribution is -0.384. The number of nitro benzene ring substituents is 1. The fourth-order valence-corrected chi connectivity index (χ4v) is 5.24. The number of anilines is 1. The van der Waals surface area contributed by atoms with Gasteiger partial charge in [0.2, 0.25) is 0 Å². The van der Waals surface area contributed by atoms with E-state index in [1.54, 1.807) is 60.7 Å². The summed E-state index contributed by atoms with van der Waals surface area (Å²) in [5, 5.41) is 14.7. The zero-order valence-corrected chi connectivity index (χ0v) is 22.3. The molecule has 1 amide bonds. The molecular formula is C26H21BrN4O6S. The molecule has 0 aliphatic heterocycles. The van der Waals surface area contributed by atoms with Gasteiger partial charge in [-0.2, -0.15) is 5.10 Å². The Morgan fingerprint density at radius 1 is 1.08 bits per heavy atom. The van der Waals surface area contributed by atoms with Gasteiger partial charge in [-0.05, 0) is 61.5 Å². The molecule has 38 heavy (non-hydrogen) atoms. The number of carbonyl (C=O) groups is 1. The highest BCUT2D eigenvalue weighted by molar-refractivity contribution is 9.10. The van der Waals surface area contributed by atoms with Crippen LogP contribution >= 0.6 is 15.9 Å². The number of sulfonamides is 1. The number of rotatable bonds is 9. The monoisotopic (exact) mass is 596 g/mol. The number of nitrogens with zero attached hydrogens (tertiary/aromatic N) is 3. The van der Waals surface area contributed by atoms with Crippen molar-refractivity contribution in [3.63, 3.8) is 0 Å². The van der Waals surface area contributed by atoms with Gasteiger partial charge in [0.25, 0.3) is 21.6 Å². The number of furan rings is 1. The number of aryl methyl sites for hydroxylation is 1. The van der Waals surface area contributed by atoms with Gasteiger partial charge in [0.1, 0.15) is 18.1 Å². The lowest BCUT2D eigenvalue weighted by Gasteiger charge is -2.24. The van der Waals surface area contributed by atoms with Crippen molar-refractivity contribution in [1.82, 2.24) is 5.43 Å². The molecule has 0 saturated carbocycles. The SMILES string of the molecule is Cc1ccc(S(=O)(=O)N(CC(=O)N/N=C\c2ccc(-c3ccc([N+](=O)[O-])cc3)o2)c2cccc(Br)c2)cc1. The van der Waals surface area contributed by atoms with Gasteiger partial charge in [-0.3, -0.25) is 19.2 Å². The molecule has 0 atom stereocenters. The topological polar surface area (TPSA) is 135 Å². The molecule has 1 aromatic heterocycles. The second kappa shape index (κ2) is 11.4. The van der Waals surface area contributed by atoms with Crippen LogP contribution in [0.25, 0.3) is 11.3 Å². The van der Waals surface area contributed by atoms with Crippen molar-refractivity contribution in [1.29, 1.82) is 0 Å². The number of hydrazone groups is 1. The van der Waals surface area contributed by atoms with E-state index in [0.717, 1.165) is 9.87 Å². The number of non-ortho nitro benzene ring substituents is 1. The number of halogens is 1. The summed E-state index contributed by atoms with van der Waals surface area (Å²) in [5.74, 6) is 0.103. The molecule has 10 nitrogen and oxygen atoms in total. The number of benzene rings is 3. The maximum Gasteiger partial charge on any atom is 0.269 e. The van der Waals surface area contributed by atoms with Gasteiger partial charge in [-0.15, -0.1) is 0 Å². The average molecular weight is 597 g/mol. The van der Waals surface area contributed by atoms with Crippen LogP contribution in [0.4, 0.5) is 11.4 Å². The van der Waals surface area contributed by atoms with Gasteiger partial charge >= 0.3 is 0 Å². The van der Waals surface area contributed by atoms with E-state index in [9.17, 15) is 23.3 Å². The lowest BCUT2D eigenvalue weighted by Crippen LogP contribution is -2.39. The number of carbonyl (C=O) groups excluding carboxylic acids is 1. The van der Waals surface area contributed by atoms with E-state index in [2.05, 4.69) is 26.5 Å². The molecule has 0 spiro atoms.